The highest BCUT2D eigenvalue weighted by Gasteiger charge is 2.59. The summed E-state index contributed by atoms with van der Waals surface area (Å²) in [6.45, 7) is 1.76. The van der Waals surface area contributed by atoms with Gasteiger partial charge in [-0.25, -0.2) is 0 Å². The molecule has 3 aliphatic rings. The van der Waals surface area contributed by atoms with Gasteiger partial charge in [0.2, 0.25) is 6.29 Å². The molecule has 0 saturated carbocycles. The van der Waals surface area contributed by atoms with Gasteiger partial charge >= 0.3 is 5.97 Å². The van der Waals surface area contributed by atoms with Crippen LogP contribution in [0.2, 0.25) is 0 Å². The van der Waals surface area contributed by atoms with Gasteiger partial charge in [-0.1, -0.05) is 6.07 Å². The maximum absolute atomic E-state index is 11.8. The van der Waals surface area contributed by atoms with Crippen molar-refractivity contribution in [3.63, 3.8) is 0 Å². The number of fused-ring (bicyclic) bond motifs is 3. The Hall–Kier alpha value is -0.910. The van der Waals surface area contributed by atoms with Gasteiger partial charge in [0.1, 0.15) is 0 Å². The lowest BCUT2D eigenvalue weighted by molar-refractivity contribution is -0.216. The number of carbonyl (C=O) groups excluding carboxylic acids is 1. The molecule has 0 bridgehead atoms. The van der Waals surface area contributed by atoms with Crippen LogP contribution in [-0.4, -0.2) is 41.9 Å². The summed E-state index contributed by atoms with van der Waals surface area (Å²) in [6.07, 6.45) is 3.31. The minimum Gasteiger partial charge on any atom is -0.434 e. The fourth-order valence-corrected chi connectivity index (χ4v) is 4.61. The Morgan fingerprint density at radius 2 is 2.47 bits per heavy atom. The molecule has 4 rings (SSSR count). The first-order chi connectivity index (χ1) is 9.28. The lowest BCUT2D eigenvalue weighted by Crippen LogP contribution is -2.63. The van der Waals surface area contributed by atoms with Crippen molar-refractivity contribution < 1.29 is 14.3 Å². The van der Waals surface area contributed by atoms with Crippen LogP contribution < -0.4 is 0 Å². The van der Waals surface area contributed by atoms with Crippen molar-refractivity contribution in [3.05, 3.63) is 22.4 Å². The maximum Gasteiger partial charge on any atom is 0.310 e. The molecule has 1 aromatic heterocycles. The summed E-state index contributed by atoms with van der Waals surface area (Å²) >= 11 is 1.75. The van der Waals surface area contributed by atoms with Crippen LogP contribution in [0.15, 0.2) is 17.5 Å². The van der Waals surface area contributed by atoms with E-state index in [2.05, 4.69) is 22.4 Å². The van der Waals surface area contributed by atoms with E-state index >= 15 is 0 Å². The van der Waals surface area contributed by atoms with Crippen molar-refractivity contribution in [3.8, 4) is 0 Å². The fraction of sp³-hybridized carbons (Fsp3) is 0.643. The monoisotopic (exact) mass is 279 g/mol. The number of hydrogen-bond acceptors (Lipinski definition) is 5. The van der Waals surface area contributed by atoms with Gasteiger partial charge in [0.15, 0.2) is 0 Å². The third-order valence-electron chi connectivity index (χ3n) is 4.58. The number of carbonyl (C=O) groups is 1. The lowest BCUT2D eigenvalue weighted by atomic mass is 9.87. The molecule has 5 heteroatoms. The molecule has 0 aromatic carbocycles. The summed E-state index contributed by atoms with van der Waals surface area (Å²) in [5, 5.41) is 2.09. The van der Waals surface area contributed by atoms with E-state index in [0.29, 0.717) is 19.1 Å². The molecule has 3 saturated heterocycles. The molecular formula is C14H17NO3S. The summed E-state index contributed by atoms with van der Waals surface area (Å²) < 4.78 is 11.3. The van der Waals surface area contributed by atoms with Gasteiger partial charge in [0.25, 0.3) is 0 Å². The van der Waals surface area contributed by atoms with Crippen LogP contribution >= 0.6 is 11.3 Å². The normalized spacial score (nSPS) is 38.0. The first-order valence-electron chi connectivity index (χ1n) is 6.88. The second-order valence-electron chi connectivity index (χ2n) is 5.68. The van der Waals surface area contributed by atoms with E-state index in [1.165, 1.54) is 17.7 Å². The molecule has 4 nitrogen and oxygen atoms in total. The molecule has 0 spiro atoms. The van der Waals surface area contributed by atoms with Crippen molar-refractivity contribution in [1.82, 2.24) is 4.90 Å². The predicted molar refractivity (Wildman–Crippen MR) is 70.9 cm³/mol. The van der Waals surface area contributed by atoms with E-state index in [-0.39, 0.29) is 17.8 Å². The summed E-state index contributed by atoms with van der Waals surface area (Å²) in [6, 6.07) is 4.67. The minimum absolute atomic E-state index is 0.117. The Bertz CT molecular complexity index is 489. The van der Waals surface area contributed by atoms with Crippen LogP contribution in [-0.2, 0) is 20.7 Å². The molecule has 3 atom stereocenters. The number of rotatable bonds is 2. The molecular weight excluding hydrogens is 262 g/mol. The Balaban J connectivity index is 1.71. The number of morpholine rings is 1. The summed E-state index contributed by atoms with van der Waals surface area (Å²) in [5.41, 5.74) is -0.263. The lowest BCUT2D eigenvalue weighted by Gasteiger charge is -2.47. The van der Waals surface area contributed by atoms with Crippen molar-refractivity contribution >= 4 is 17.3 Å². The summed E-state index contributed by atoms with van der Waals surface area (Å²) in [4.78, 5) is 15.6. The first-order valence-corrected chi connectivity index (χ1v) is 7.76. The number of hydrogen-bond donors (Lipinski definition) is 0. The van der Waals surface area contributed by atoms with E-state index in [0.717, 1.165) is 13.0 Å². The van der Waals surface area contributed by atoms with E-state index in [1.54, 1.807) is 11.3 Å². The van der Waals surface area contributed by atoms with Crippen molar-refractivity contribution in [2.24, 2.45) is 0 Å². The van der Waals surface area contributed by atoms with Crippen LogP contribution in [0.3, 0.4) is 0 Å². The van der Waals surface area contributed by atoms with Crippen LogP contribution in [0, 0.1) is 0 Å². The average Bonchev–Trinajstić information content (AvgIpc) is 3.07. The van der Waals surface area contributed by atoms with Crippen molar-refractivity contribution in [1.29, 1.82) is 0 Å². The zero-order chi connectivity index (χ0) is 12.9. The highest BCUT2D eigenvalue weighted by molar-refractivity contribution is 7.09. The highest BCUT2D eigenvalue weighted by atomic mass is 32.1. The maximum atomic E-state index is 11.8. The number of thiophene rings is 1. The van der Waals surface area contributed by atoms with Crippen molar-refractivity contribution in [2.45, 2.75) is 43.6 Å². The number of nitrogens with zero attached hydrogens (tertiary/aromatic N) is 1. The quantitative estimate of drug-likeness (QED) is 0.774. The molecule has 1 aromatic rings. The zero-order valence-corrected chi connectivity index (χ0v) is 11.5. The van der Waals surface area contributed by atoms with Crippen LogP contribution in [0.1, 0.15) is 24.1 Å². The standard InChI is InChI=1S/C14H17NO3S/c16-12-8-14(7-11-4-2-6-19-11)13(18-12)17-9-10-3-1-5-15(10)14/h2,4,6,10,13H,1,3,5,7-9H2/t10-,13-,14+/m0/s1. The topological polar surface area (TPSA) is 38.8 Å². The molecule has 3 aliphatic heterocycles. The SMILES string of the molecule is O=C1C[C@]2(Cc3cccs3)[C@@H](OC[C@@H]3CCCN32)O1. The summed E-state index contributed by atoms with van der Waals surface area (Å²) in [7, 11) is 0. The van der Waals surface area contributed by atoms with Gasteiger partial charge < -0.3 is 9.47 Å². The third kappa shape index (κ3) is 1.75. The molecule has 19 heavy (non-hydrogen) atoms. The Labute approximate surface area is 116 Å². The van der Waals surface area contributed by atoms with Gasteiger partial charge in [-0.3, -0.25) is 9.69 Å². The number of esters is 1. The minimum atomic E-state index is -0.378. The molecule has 0 radical (unpaired) electrons. The third-order valence-corrected chi connectivity index (χ3v) is 5.45. The molecule has 4 heterocycles. The number of ether oxygens (including phenoxy) is 2. The fourth-order valence-electron chi connectivity index (χ4n) is 3.79. The molecule has 0 unspecified atom stereocenters. The smallest absolute Gasteiger partial charge is 0.310 e. The Morgan fingerprint density at radius 3 is 3.32 bits per heavy atom. The first kappa shape index (κ1) is 11.9. The van der Waals surface area contributed by atoms with Gasteiger partial charge in [-0.15, -0.1) is 11.3 Å². The summed E-state index contributed by atoms with van der Waals surface area (Å²) in [5.74, 6) is -0.117. The van der Waals surface area contributed by atoms with E-state index in [4.69, 9.17) is 9.47 Å². The second-order valence-corrected chi connectivity index (χ2v) is 6.71. The van der Waals surface area contributed by atoms with E-state index in [9.17, 15) is 4.79 Å². The van der Waals surface area contributed by atoms with Crippen molar-refractivity contribution in [2.75, 3.05) is 13.2 Å². The molecule has 3 fully saturated rings. The van der Waals surface area contributed by atoms with Gasteiger partial charge in [-0.2, -0.15) is 0 Å². The van der Waals surface area contributed by atoms with Crippen LogP contribution in [0.4, 0.5) is 0 Å². The van der Waals surface area contributed by atoms with E-state index < -0.39 is 0 Å². The Morgan fingerprint density at radius 1 is 1.53 bits per heavy atom. The highest BCUT2D eigenvalue weighted by Crippen LogP contribution is 2.44. The molecule has 0 N–H and O–H groups in total. The second kappa shape index (κ2) is 4.30. The average molecular weight is 279 g/mol. The Kier molecular flexibility index (Phi) is 2.69. The van der Waals surface area contributed by atoms with Crippen LogP contribution in [0.5, 0.6) is 0 Å². The van der Waals surface area contributed by atoms with Gasteiger partial charge in [-0.05, 0) is 30.8 Å². The zero-order valence-electron chi connectivity index (χ0n) is 10.7. The van der Waals surface area contributed by atoms with E-state index in [1.807, 2.05) is 0 Å². The molecule has 0 amide bonds. The largest absolute Gasteiger partial charge is 0.434 e. The molecule has 0 aliphatic carbocycles. The predicted octanol–water partition coefficient (Wildman–Crippen LogP) is 1.80. The molecule has 102 valence electrons. The van der Waals surface area contributed by atoms with Gasteiger partial charge in [0, 0.05) is 17.3 Å². The van der Waals surface area contributed by atoms with Crippen LogP contribution in [0.25, 0.3) is 0 Å². The van der Waals surface area contributed by atoms with Gasteiger partial charge in [0.05, 0.1) is 18.6 Å².